The molecular weight excluding hydrogens is 472 g/mol. The van der Waals surface area contributed by atoms with E-state index in [4.69, 9.17) is 10.1 Å². The van der Waals surface area contributed by atoms with Gasteiger partial charge < -0.3 is 10.6 Å². The maximum Gasteiger partial charge on any atom is 0.226 e. The maximum absolute atomic E-state index is 12.2. The first-order chi connectivity index (χ1) is 18.4. The molecular formula is C31H30N6O. The lowest BCUT2D eigenvalue weighted by molar-refractivity contribution is -0.118. The van der Waals surface area contributed by atoms with E-state index in [-0.39, 0.29) is 23.8 Å². The first kappa shape index (κ1) is 23.9. The molecule has 0 saturated heterocycles. The van der Waals surface area contributed by atoms with Gasteiger partial charge in [0.25, 0.3) is 0 Å². The van der Waals surface area contributed by atoms with Crippen molar-refractivity contribution in [2.45, 2.75) is 26.8 Å². The second-order valence-electron chi connectivity index (χ2n) is 10.3. The van der Waals surface area contributed by atoms with Crippen molar-refractivity contribution in [2.24, 2.45) is 18.9 Å². The second-order valence-corrected chi connectivity index (χ2v) is 10.3. The Labute approximate surface area is 222 Å². The van der Waals surface area contributed by atoms with Gasteiger partial charge in [0.15, 0.2) is 5.65 Å². The molecule has 0 saturated carbocycles. The van der Waals surface area contributed by atoms with Crippen molar-refractivity contribution < 1.29 is 4.79 Å². The molecule has 38 heavy (non-hydrogen) atoms. The van der Waals surface area contributed by atoms with Gasteiger partial charge in [0.1, 0.15) is 5.69 Å². The van der Waals surface area contributed by atoms with E-state index in [1.165, 1.54) is 16.7 Å². The highest BCUT2D eigenvalue weighted by atomic mass is 16.1. The summed E-state index contributed by atoms with van der Waals surface area (Å²) in [5.74, 6) is 0.0676. The van der Waals surface area contributed by atoms with Gasteiger partial charge in [-0.25, -0.2) is 9.67 Å². The normalized spacial score (nSPS) is 18.2. The molecule has 1 aromatic carbocycles. The minimum absolute atomic E-state index is 0.0408. The quantitative estimate of drug-likeness (QED) is 0.376. The Morgan fingerprint density at radius 3 is 2.74 bits per heavy atom. The monoisotopic (exact) mass is 502 g/mol. The van der Waals surface area contributed by atoms with Crippen LogP contribution in [0.1, 0.15) is 30.7 Å². The molecule has 0 spiro atoms. The molecule has 7 nitrogen and oxygen atoms in total. The standard InChI is InChI=1S/C31H30N6O/c1-18(2)31(38)34-23-12-21(15-32-17-23)22-13-26-29(36-37(4)30(26)33-16-22)28-14-25-24(9-6-10-27(25)35-28)20-8-5-7-19(3)11-20/h5-18,25,27,35H,1-4H3,(H,34,38). The molecule has 4 heterocycles. The van der Waals surface area contributed by atoms with Crippen LogP contribution in [0.25, 0.3) is 33.4 Å². The third kappa shape index (κ3) is 4.30. The summed E-state index contributed by atoms with van der Waals surface area (Å²) in [6.07, 6.45) is 14.1. The Balaban J connectivity index is 1.37. The zero-order valence-corrected chi connectivity index (χ0v) is 21.9. The number of amides is 1. The average molecular weight is 503 g/mol. The van der Waals surface area contributed by atoms with E-state index in [9.17, 15) is 4.79 Å². The number of pyridine rings is 2. The van der Waals surface area contributed by atoms with Crippen LogP contribution in [-0.2, 0) is 11.8 Å². The molecule has 2 N–H and O–H groups in total. The third-order valence-electron chi connectivity index (χ3n) is 7.16. The van der Waals surface area contributed by atoms with Crippen LogP contribution in [-0.4, -0.2) is 31.7 Å². The maximum atomic E-state index is 12.2. The molecule has 0 fully saturated rings. The number of anilines is 1. The molecule has 1 aliphatic heterocycles. The van der Waals surface area contributed by atoms with Gasteiger partial charge in [0, 0.05) is 47.8 Å². The van der Waals surface area contributed by atoms with E-state index < -0.39 is 0 Å². The van der Waals surface area contributed by atoms with Crippen LogP contribution in [0.5, 0.6) is 0 Å². The number of hydrogen-bond acceptors (Lipinski definition) is 5. The number of benzene rings is 1. The fraction of sp³-hybridized carbons (Fsp3) is 0.226. The fourth-order valence-electron chi connectivity index (χ4n) is 5.15. The van der Waals surface area contributed by atoms with Gasteiger partial charge in [-0.2, -0.15) is 5.10 Å². The SMILES string of the molecule is Cc1cccc(C2=CC=CC3NC(c4nn(C)c5ncc(-c6cncc(NC(=O)C(C)C)c6)cc45)=CC23)c1. The number of fused-ring (bicyclic) bond motifs is 2. The third-order valence-corrected chi connectivity index (χ3v) is 7.16. The molecule has 4 aromatic rings. The Morgan fingerprint density at radius 1 is 1.08 bits per heavy atom. The minimum Gasteiger partial charge on any atom is -0.376 e. The van der Waals surface area contributed by atoms with Gasteiger partial charge in [-0.3, -0.25) is 9.78 Å². The van der Waals surface area contributed by atoms with E-state index in [2.05, 4.69) is 77.2 Å². The zero-order valence-electron chi connectivity index (χ0n) is 21.9. The largest absolute Gasteiger partial charge is 0.376 e. The lowest BCUT2D eigenvalue weighted by Crippen LogP contribution is -2.28. The molecule has 0 radical (unpaired) electrons. The highest BCUT2D eigenvalue weighted by Gasteiger charge is 2.32. The summed E-state index contributed by atoms with van der Waals surface area (Å²) in [6, 6.07) is 12.9. The molecule has 1 aliphatic carbocycles. The predicted octanol–water partition coefficient (Wildman–Crippen LogP) is 5.52. The van der Waals surface area contributed by atoms with E-state index in [0.717, 1.165) is 33.6 Å². The fourth-order valence-corrected chi connectivity index (χ4v) is 5.15. The number of carbonyl (C=O) groups excluding carboxylic acids is 1. The molecule has 2 aliphatic rings. The molecule has 2 unspecified atom stereocenters. The van der Waals surface area contributed by atoms with Crippen molar-refractivity contribution >= 4 is 33.9 Å². The number of aromatic nitrogens is 4. The van der Waals surface area contributed by atoms with Crippen LogP contribution in [0.15, 0.2) is 79.3 Å². The number of nitrogens with one attached hydrogen (secondary N) is 2. The van der Waals surface area contributed by atoms with Crippen molar-refractivity contribution in [1.82, 2.24) is 25.1 Å². The summed E-state index contributed by atoms with van der Waals surface area (Å²) in [6.45, 7) is 5.86. The van der Waals surface area contributed by atoms with E-state index in [1.54, 1.807) is 12.4 Å². The van der Waals surface area contributed by atoms with Gasteiger partial charge in [0.2, 0.25) is 5.91 Å². The number of allylic oxidation sites excluding steroid dienone is 2. The van der Waals surface area contributed by atoms with Crippen LogP contribution in [0.4, 0.5) is 5.69 Å². The lowest BCUT2D eigenvalue weighted by Gasteiger charge is -2.23. The smallest absolute Gasteiger partial charge is 0.226 e. The average Bonchev–Trinajstić information content (AvgIpc) is 3.49. The second kappa shape index (κ2) is 9.41. The molecule has 6 rings (SSSR count). The summed E-state index contributed by atoms with van der Waals surface area (Å²) in [5, 5.41) is 12.5. The summed E-state index contributed by atoms with van der Waals surface area (Å²) in [7, 11) is 1.92. The highest BCUT2D eigenvalue weighted by Crippen LogP contribution is 2.39. The summed E-state index contributed by atoms with van der Waals surface area (Å²) in [5.41, 5.74) is 8.95. The zero-order chi connectivity index (χ0) is 26.4. The van der Waals surface area contributed by atoms with Crippen LogP contribution in [0, 0.1) is 18.8 Å². The molecule has 7 heteroatoms. The first-order valence-electron chi connectivity index (χ1n) is 12.9. The Bertz CT molecular complexity index is 1660. The molecule has 3 aromatic heterocycles. The predicted molar refractivity (Wildman–Crippen MR) is 152 cm³/mol. The number of nitrogens with zero attached hydrogens (tertiary/aromatic N) is 4. The van der Waals surface area contributed by atoms with Crippen LogP contribution >= 0.6 is 0 Å². The van der Waals surface area contributed by atoms with Gasteiger partial charge >= 0.3 is 0 Å². The number of aryl methyl sites for hydroxylation is 2. The topological polar surface area (TPSA) is 84.7 Å². The number of hydrogen-bond donors (Lipinski definition) is 2. The van der Waals surface area contributed by atoms with Crippen LogP contribution < -0.4 is 10.6 Å². The Morgan fingerprint density at radius 2 is 1.92 bits per heavy atom. The lowest BCUT2D eigenvalue weighted by atomic mass is 9.84. The van der Waals surface area contributed by atoms with Gasteiger partial charge in [-0.15, -0.1) is 0 Å². The number of rotatable bonds is 5. The molecule has 1 amide bonds. The summed E-state index contributed by atoms with van der Waals surface area (Å²) >= 11 is 0. The highest BCUT2D eigenvalue weighted by molar-refractivity contribution is 5.94. The van der Waals surface area contributed by atoms with E-state index in [1.807, 2.05) is 37.8 Å². The molecule has 2 atom stereocenters. The summed E-state index contributed by atoms with van der Waals surface area (Å²) in [4.78, 5) is 21.3. The van der Waals surface area contributed by atoms with E-state index >= 15 is 0 Å². The number of carbonyl (C=O) groups is 1. The van der Waals surface area contributed by atoms with Crippen molar-refractivity contribution in [1.29, 1.82) is 0 Å². The van der Waals surface area contributed by atoms with Crippen molar-refractivity contribution in [3.05, 3.63) is 96.1 Å². The van der Waals surface area contributed by atoms with Crippen LogP contribution in [0.2, 0.25) is 0 Å². The Hall–Kier alpha value is -4.52. The van der Waals surface area contributed by atoms with Crippen molar-refractivity contribution in [2.75, 3.05) is 5.32 Å². The summed E-state index contributed by atoms with van der Waals surface area (Å²) < 4.78 is 1.82. The molecule has 190 valence electrons. The molecule has 0 bridgehead atoms. The Kier molecular flexibility index (Phi) is 5.91. The van der Waals surface area contributed by atoms with Crippen molar-refractivity contribution in [3.63, 3.8) is 0 Å². The van der Waals surface area contributed by atoms with E-state index in [0.29, 0.717) is 5.69 Å². The van der Waals surface area contributed by atoms with Gasteiger partial charge in [0.05, 0.1) is 23.6 Å². The van der Waals surface area contributed by atoms with Crippen LogP contribution in [0.3, 0.4) is 0 Å². The van der Waals surface area contributed by atoms with Crippen molar-refractivity contribution in [3.8, 4) is 11.1 Å². The minimum atomic E-state index is -0.110. The van der Waals surface area contributed by atoms with Gasteiger partial charge in [-0.05, 0) is 36.3 Å². The van der Waals surface area contributed by atoms with Gasteiger partial charge in [-0.1, -0.05) is 61.9 Å². The first-order valence-corrected chi connectivity index (χ1v) is 12.9.